The second kappa shape index (κ2) is 12.5. The summed E-state index contributed by atoms with van der Waals surface area (Å²) in [6.45, 7) is 2.21. The quantitative estimate of drug-likeness (QED) is 0.282. The normalized spacial score (nSPS) is 13.7. The molecule has 0 amide bonds. The van der Waals surface area contributed by atoms with Crippen LogP contribution in [0, 0.1) is 0 Å². The number of hydrogen-bond donors (Lipinski definition) is 2. The Hall–Kier alpha value is -0.290. The number of alkyl halides is 3. The SMILES string of the molecule is CCCCCCCCCCCC(CCC(F)(F)F)NN. The molecule has 0 fully saturated rings. The third kappa shape index (κ3) is 14.1. The van der Waals surface area contributed by atoms with Gasteiger partial charge in [0.15, 0.2) is 0 Å². The third-order valence-electron chi connectivity index (χ3n) is 3.67. The lowest BCUT2D eigenvalue weighted by molar-refractivity contribution is -0.136. The second-order valence-electron chi connectivity index (χ2n) is 5.63. The predicted molar refractivity (Wildman–Crippen MR) is 78.2 cm³/mol. The zero-order chi connectivity index (χ0) is 15.3. The van der Waals surface area contributed by atoms with Crippen molar-refractivity contribution in [2.45, 2.75) is 96.2 Å². The lowest BCUT2D eigenvalue weighted by atomic mass is 10.0. The highest BCUT2D eigenvalue weighted by Gasteiger charge is 2.27. The van der Waals surface area contributed by atoms with Crippen LogP contribution < -0.4 is 11.3 Å². The smallest absolute Gasteiger partial charge is 0.271 e. The number of unbranched alkanes of at least 4 members (excludes halogenated alkanes) is 8. The van der Waals surface area contributed by atoms with Crippen LogP contribution in [0.5, 0.6) is 0 Å². The van der Waals surface area contributed by atoms with Crippen molar-refractivity contribution in [2.75, 3.05) is 0 Å². The third-order valence-corrected chi connectivity index (χ3v) is 3.67. The summed E-state index contributed by atoms with van der Waals surface area (Å²) in [7, 11) is 0. The van der Waals surface area contributed by atoms with Gasteiger partial charge in [-0.3, -0.25) is 11.3 Å². The average molecular weight is 296 g/mol. The first-order valence-electron chi connectivity index (χ1n) is 8.02. The molecule has 0 aromatic carbocycles. The predicted octanol–water partition coefficient (Wildman–Crippen LogP) is 5.08. The summed E-state index contributed by atoms with van der Waals surface area (Å²) in [6, 6.07) is -0.207. The fourth-order valence-electron chi connectivity index (χ4n) is 2.35. The molecule has 122 valence electrons. The fraction of sp³-hybridized carbons (Fsp3) is 1.00. The van der Waals surface area contributed by atoms with Gasteiger partial charge in [0.25, 0.3) is 0 Å². The van der Waals surface area contributed by atoms with Crippen LogP contribution >= 0.6 is 0 Å². The van der Waals surface area contributed by atoms with Crippen LogP contribution in [0.1, 0.15) is 84.0 Å². The van der Waals surface area contributed by atoms with E-state index in [2.05, 4.69) is 12.3 Å². The van der Waals surface area contributed by atoms with E-state index in [-0.39, 0.29) is 12.5 Å². The van der Waals surface area contributed by atoms with Gasteiger partial charge in [-0.1, -0.05) is 64.7 Å². The van der Waals surface area contributed by atoms with E-state index in [1.54, 1.807) is 0 Å². The number of hydrogen-bond acceptors (Lipinski definition) is 2. The molecule has 0 radical (unpaired) electrons. The summed E-state index contributed by atoms with van der Waals surface area (Å²) in [5.74, 6) is 5.29. The van der Waals surface area contributed by atoms with E-state index in [1.165, 1.54) is 44.9 Å². The number of halogens is 3. The molecule has 2 nitrogen and oxygen atoms in total. The van der Waals surface area contributed by atoms with Crippen molar-refractivity contribution in [3.8, 4) is 0 Å². The summed E-state index contributed by atoms with van der Waals surface area (Å²) in [6.07, 6.45) is 6.99. The van der Waals surface area contributed by atoms with Gasteiger partial charge in [0.1, 0.15) is 0 Å². The standard InChI is InChI=1S/C15H31F3N2/c1-2-3-4-5-6-7-8-9-10-11-14(20-19)12-13-15(16,17)18/h14,20H,2-13,19H2,1H3. The molecular weight excluding hydrogens is 265 g/mol. The van der Waals surface area contributed by atoms with Crippen LogP contribution in [0.15, 0.2) is 0 Å². The number of rotatable bonds is 13. The first kappa shape index (κ1) is 19.7. The summed E-state index contributed by atoms with van der Waals surface area (Å²) < 4.78 is 36.3. The molecule has 0 aromatic rings. The molecule has 1 unspecified atom stereocenters. The van der Waals surface area contributed by atoms with E-state index in [4.69, 9.17) is 5.84 Å². The maximum atomic E-state index is 12.1. The van der Waals surface area contributed by atoms with Gasteiger partial charge in [-0.05, 0) is 12.8 Å². The Morgan fingerprint density at radius 1 is 0.850 bits per heavy atom. The minimum atomic E-state index is -4.08. The Kier molecular flexibility index (Phi) is 12.3. The van der Waals surface area contributed by atoms with Crippen LogP contribution in [0.25, 0.3) is 0 Å². The highest BCUT2D eigenvalue weighted by molar-refractivity contribution is 4.66. The molecule has 1 atom stereocenters. The second-order valence-corrected chi connectivity index (χ2v) is 5.63. The molecule has 0 aromatic heterocycles. The fourth-order valence-corrected chi connectivity index (χ4v) is 2.35. The highest BCUT2D eigenvalue weighted by atomic mass is 19.4. The number of nitrogens with one attached hydrogen (secondary N) is 1. The van der Waals surface area contributed by atoms with Gasteiger partial charge in [0, 0.05) is 12.5 Å². The van der Waals surface area contributed by atoms with E-state index < -0.39 is 12.6 Å². The topological polar surface area (TPSA) is 38.0 Å². The van der Waals surface area contributed by atoms with Gasteiger partial charge in [-0.25, -0.2) is 0 Å². The van der Waals surface area contributed by atoms with Gasteiger partial charge < -0.3 is 0 Å². The van der Waals surface area contributed by atoms with E-state index in [1.807, 2.05) is 0 Å². The van der Waals surface area contributed by atoms with Crippen LogP contribution in [-0.4, -0.2) is 12.2 Å². The van der Waals surface area contributed by atoms with Crippen molar-refractivity contribution in [2.24, 2.45) is 5.84 Å². The molecule has 0 aliphatic heterocycles. The van der Waals surface area contributed by atoms with Crippen LogP contribution in [-0.2, 0) is 0 Å². The molecule has 0 aliphatic rings. The van der Waals surface area contributed by atoms with Crippen LogP contribution in [0.2, 0.25) is 0 Å². The molecule has 0 rings (SSSR count). The average Bonchev–Trinajstić information content (AvgIpc) is 2.39. The van der Waals surface area contributed by atoms with Crippen molar-refractivity contribution in [1.29, 1.82) is 0 Å². The monoisotopic (exact) mass is 296 g/mol. The summed E-state index contributed by atoms with van der Waals surface area (Å²) in [4.78, 5) is 0. The van der Waals surface area contributed by atoms with E-state index in [0.717, 1.165) is 19.3 Å². The molecule has 0 bridgehead atoms. The van der Waals surface area contributed by atoms with E-state index in [0.29, 0.717) is 0 Å². The molecule has 0 saturated heterocycles. The van der Waals surface area contributed by atoms with Gasteiger partial charge in [0.05, 0.1) is 0 Å². The summed E-state index contributed by atoms with van der Waals surface area (Å²) in [5.41, 5.74) is 2.50. The Labute approximate surface area is 121 Å². The van der Waals surface area contributed by atoms with Crippen molar-refractivity contribution < 1.29 is 13.2 Å². The van der Waals surface area contributed by atoms with Gasteiger partial charge >= 0.3 is 6.18 Å². The lowest BCUT2D eigenvalue weighted by Crippen LogP contribution is -2.35. The van der Waals surface area contributed by atoms with Crippen molar-refractivity contribution >= 4 is 0 Å². The first-order chi connectivity index (χ1) is 9.49. The number of hydrazine groups is 1. The number of nitrogens with two attached hydrogens (primary N) is 1. The zero-order valence-electron chi connectivity index (χ0n) is 12.8. The van der Waals surface area contributed by atoms with Crippen LogP contribution in [0.4, 0.5) is 13.2 Å². The summed E-state index contributed by atoms with van der Waals surface area (Å²) >= 11 is 0. The van der Waals surface area contributed by atoms with Crippen molar-refractivity contribution in [1.82, 2.24) is 5.43 Å². The Morgan fingerprint density at radius 3 is 1.80 bits per heavy atom. The minimum absolute atomic E-state index is 0.0804. The zero-order valence-corrected chi connectivity index (χ0v) is 12.8. The molecule has 0 heterocycles. The maximum Gasteiger partial charge on any atom is 0.389 e. The molecule has 0 spiro atoms. The minimum Gasteiger partial charge on any atom is -0.271 e. The highest BCUT2D eigenvalue weighted by Crippen LogP contribution is 2.23. The molecule has 0 aliphatic carbocycles. The Bertz CT molecular complexity index is 208. The molecule has 3 N–H and O–H groups in total. The van der Waals surface area contributed by atoms with Crippen molar-refractivity contribution in [3.05, 3.63) is 0 Å². The van der Waals surface area contributed by atoms with Gasteiger partial charge in [-0.15, -0.1) is 0 Å². The van der Waals surface area contributed by atoms with Gasteiger partial charge in [-0.2, -0.15) is 13.2 Å². The van der Waals surface area contributed by atoms with E-state index >= 15 is 0 Å². The van der Waals surface area contributed by atoms with Crippen LogP contribution in [0.3, 0.4) is 0 Å². The molecule has 20 heavy (non-hydrogen) atoms. The lowest BCUT2D eigenvalue weighted by Gasteiger charge is -2.16. The summed E-state index contributed by atoms with van der Waals surface area (Å²) in [5, 5.41) is 0. The molecule has 0 saturated carbocycles. The van der Waals surface area contributed by atoms with Crippen molar-refractivity contribution in [3.63, 3.8) is 0 Å². The maximum absolute atomic E-state index is 12.1. The first-order valence-corrected chi connectivity index (χ1v) is 8.02. The Balaban J connectivity index is 3.38. The Morgan fingerprint density at radius 2 is 1.35 bits per heavy atom. The largest absolute Gasteiger partial charge is 0.389 e. The molecule has 5 heteroatoms. The van der Waals surface area contributed by atoms with Gasteiger partial charge in [0.2, 0.25) is 0 Å². The molecular formula is C15H31F3N2. The van der Waals surface area contributed by atoms with E-state index in [9.17, 15) is 13.2 Å².